The number of carbonyl (C=O) groups is 2. The van der Waals surface area contributed by atoms with Crippen molar-refractivity contribution in [2.75, 3.05) is 17.3 Å². The Balaban J connectivity index is 2.48. The quantitative estimate of drug-likeness (QED) is 0.679. The van der Waals surface area contributed by atoms with Gasteiger partial charge in [-0.25, -0.2) is 0 Å². The van der Waals surface area contributed by atoms with Crippen molar-refractivity contribution in [1.82, 2.24) is 0 Å². The summed E-state index contributed by atoms with van der Waals surface area (Å²) >= 11 is 8.82. The molecule has 1 aromatic carbocycles. The minimum absolute atomic E-state index is 0.0167. The molecule has 0 aromatic heterocycles. The predicted octanol–water partition coefficient (Wildman–Crippen LogP) is 1.89. The van der Waals surface area contributed by atoms with Crippen LogP contribution in [0.3, 0.4) is 0 Å². The summed E-state index contributed by atoms with van der Waals surface area (Å²) in [5.74, 6) is -1.14. The molecule has 4 nitrogen and oxygen atoms in total. The van der Waals surface area contributed by atoms with Gasteiger partial charge in [-0.3, -0.25) is 9.59 Å². The minimum Gasteiger partial charge on any atom is -0.390 e. The molecule has 1 aliphatic heterocycles. The third-order valence-electron chi connectivity index (χ3n) is 2.79. The highest BCUT2D eigenvalue weighted by molar-refractivity contribution is 9.10. The topological polar surface area (TPSA) is 57.6 Å². The lowest BCUT2D eigenvalue weighted by atomic mass is 10.1. The number of aliphatic hydroxyl groups excluding tert-OH is 1. The van der Waals surface area contributed by atoms with Crippen LogP contribution in [0.15, 0.2) is 16.6 Å². The first-order chi connectivity index (χ1) is 8.45. The highest BCUT2D eigenvalue weighted by Gasteiger charge is 2.37. The second-order valence-corrected chi connectivity index (χ2v) is 5.40. The Bertz CT molecular complexity index is 532. The maximum Gasteiger partial charge on any atom is 0.299 e. The monoisotopic (exact) mass is 331 g/mol. The molecule has 2 rings (SSSR count). The Morgan fingerprint density at radius 1 is 1.44 bits per heavy atom. The first kappa shape index (κ1) is 13.5. The highest BCUT2D eigenvalue weighted by Crippen LogP contribution is 2.35. The molecular weight excluding hydrogens is 321 g/mol. The van der Waals surface area contributed by atoms with Gasteiger partial charge in [0.05, 0.1) is 29.8 Å². The van der Waals surface area contributed by atoms with E-state index in [-0.39, 0.29) is 12.4 Å². The molecule has 96 valence electrons. The lowest BCUT2D eigenvalue weighted by Gasteiger charge is -2.20. The summed E-state index contributed by atoms with van der Waals surface area (Å²) in [7, 11) is 0. The fourth-order valence-corrected chi connectivity index (χ4v) is 2.71. The van der Waals surface area contributed by atoms with E-state index in [1.807, 2.05) is 13.0 Å². The van der Waals surface area contributed by atoms with Crippen molar-refractivity contribution in [3.8, 4) is 0 Å². The number of carbonyl (C=O) groups excluding carboxylic acids is 2. The summed E-state index contributed by atoms with van der Waals surface area (Å²) in [4.78, 5) is 25.0. The number of anilines is 1. The molecule has 0 saturated heterocycles. The van der Waals surface area contributed by atoms with Gasteiger partial charge in [0.2, 0.25) is 0 Å². The fraction of sp³-hybridized carbons (Fsp3) is 0.333. The molecule has 0 bridgehead atoms. The number of benzene rings is 1. The van der Waals surface area contributed by atoms with Crippen molar-refractivity contribution < 1.29 is 14.7 Å². The zero-order valence-corrected chi connectivity index (χ0v) is 12.0. The lowest BCUT2D eigenvalue weighted by Crippen LogP contribution is -2.37. The van der Waals surface area contributed by atoms with Crippen LogP contribution in [-0.4, -0.2) is 35.3 Å². The molecule has 0 aliphatic carbocycles. The number of fused-ring (bicyclic) bond motifs is 1. The Morgan fingerprint density at radius 2 is 2.11 bits per heavy atom. The van der Waals surface area contributed by atoms with Gasteiger partial charge in [-0.1, -0.05) is 15.9 Å². The van der Waals surface area contributed by atoms with E-state index in [0.29, 0.717) is 11.3 Å². The minimum atomic E-state index is -0.850. The van der Waals surface area contributed by atoms with Gasteiger partial charge in [-0.2, -0.15) is 0 Å². The van der Waals surface area contributed by atoms with Crippen LogP contribution in [0.4, 0.5) is 5.69 Å². The van der Waals surface area contributed by atoms with E-state index < -0.39 is 17.8 Å². The second kappa shape index (κ2) is 4.99. The third-order valence-corrected chi connectivity index (χ3v) is 3.60. The van der Waals surface area contributed by atoms with Crippen molar-refractivity contribution in [2.45, 2.75) is 13.0 Å². The van der Waals surface area contributed by atoms with E-state index in [9.17, 15) is 14.7 Å². The average molecular weight is 333 g/mol. The molecular formula is C12H11BrClNO3. The number of ketones is 1. The predicted molar refractivity (Wildman–Crippen MR) is 72.3 cm³/mol. The molecule has 1 atom stereocenters. The van der Waals surface area contributed by atoms with Crippen molar-refractivity contribution in [3.63, 3.8) is 0 Å². The number of hydrogen-bond acceptors (Lipinski definition) is 3. The van der Waals surface area contributed by atoms with Crippen molar-refractivity contribution in [2.24, 2.45) is 0 Å². The number of β-amino-alcohol motifs (C(OH)–C–C–N with tert-alkyl or cyclic N) is 1. The van der Waals surface area contributed by atoms with Crippen LogP contribution in [0.2, 0.25) is 0 Å². The lowest BCUT2D eigenvalue weighted by molar-refractivity contribution is -0.114. The molecule has 0 radical (unpaired) electrons. The van der Waals surface area contributed by atoms with Crippen LogP contribution in [0, 0.1) is 6.92 Å². The van der Waals surface area contributed by atoms with Gasteiger partial charge in [-0.15, -0.1) is 11.6 Å². The standard InChI is InChI=1S/C12H11BrClNO3/c1-6-2-7(13)3-9-10(6)15(5-8(16)4-14)12(18)11(9)17/h2-3,8,16H,4-5H2,1H3. The van der Waals surface area contributed by atoms with Crippen molar-refractivity contribution in [1.29, 1.82) is 0 Å². The summed E-state index contributed by atoms with van der Waals surface area (Å²) in [6.07, 6.45) is -0.850. The van der Waals surface area contributed by atoms with Crippen molar-refractivity contribution >= 4 is 44.9 Å². The Hall–Kier alpha value is -0.910. The summed E-state index contributed by atoms with van der Waals surface area (Å²) in [6.45, 7) is 1.85. The highest BCUT2D eigenvalue weighted by atomic mass is 79.9. The average Bonchev–Trinajstić information content (AvgIpc) is 2.54. The van der Waals surface area contributed by atoms with Gasteiger partial charge in [-0.05, 0) is 24.6 Å². The number of halogens is 2. The number of aliphatic hydroxyl groups is 1. The van der Waals surface area contributed by atoms with Gasteiger partial charge in [0.15, 0.2) is 0 Å². The molecule has 0 fully saturated rings. The normalized spacial score (nSPS) is 16.1. The number of alkyl halides is 1. The van der Waals surface area contributed by atoms with E-state index >= 15 is 0 Å². The summed E-state index contributed by atoms with van der Waals surface area (Å²) < 4.78 is 0.750. The van der Waals surface area contributed by atoms with Crippen LogP contribution in [0.5, 0.6) is 0 Å². The molecule has 0 saturated carbocycles. The number of Topliss-reactive ketones (excluding diaryl/α,β-unsaturated/α-hetero) is 1. The summed E-state index contributed by atoms with van der Waals surface area (Å²) in [5, 5.41) is 9.55. The molecule has 6 heteroatoms. The molecule has 1 N–H and O–H groups in total. The second-order valence-electron chi connectivity index (χ2n) is 4.17. The van der Waals surface area contributed by atoms with E-state index in [1.165, 1.54) is 4.90 Å². The molecule has 0 spiro atoms. The van der Waals surface area contributed by atoms with E-state index in [2.05, 4.69) is 15.9 Å². The van der Waals surface area contributed by atoms with E-state index in [4.69, 9.17) is 11.6 Å². The number of nitrogens with zero attached hydrogens (tertiary/aromatic N) is 1. The van der Waals surface area contributed by atoms with Crippen LogP contribution in [-0.2, 0) is 4.79 Å². The van der Waals surface area contributed by atoms with Gasteiger partial charge in [0, 0.05) is 4.47 Å². The molecule has 1 aliphatic rings. The maximum atomic E-state index is 11.9. The zero-order chi connectivity index (χ0) is 13.4. The number of rotatable bonds is 3. The van der Waals surface area contributed by atoms with Crippen LogP contribution in [0.25, 0.3) is 0 Å². The largest absolute Gasteiger partial charge is 0.390 e. The van der Waals surface area contributed by atoms with Crippen molar-refractivity contribution in [3.05, 3.63) is 27.7 Å². The molecule has 1 heterocycles. The van der Waals surface area contributed by atoms with Gasteiger partial charge in [0.25, 0.3) is 11.7 Å². The maximum absolute atomic E-state index is 11.9. The Morgan fingerprint density at radius 3 is 2.72 bits per heavy atom. The van der Waals surface area contributed by atoms with E-state index in [0.717, 1.165) is 10.0 Å². The van der Waals surface area contributed by atoms with Gasteiger partial charge >= 0.3 is 0 Å². The number of aryl methyl sites for hydroxylation is 1. The first-order valence-corrected chi connectivity index (χ1v) is 6.68. The summed E-state index contributed by atoms with van der Waals surface area (Å²) in [5.41, 5.74) is 1.74. The van der Waals surface area contributed by atoms with Crippen LogP contribution >= 0.6 is 27.5 Å². The zero-order valence-electron chi connectivity index (χ0n) is 9.61. The number of hydrogen-bond donors (Lipinski definition) is 1. The van der Waals surface area contributed by atoms with Crippen LogP contribution < -0.4 is 4.90 Å². The molecule has 1 amide bonds. The van der Waals surface area contributed by atoms with Gasteiger partial charge < -0.3 is 10.0 Å². The first-order valence-electron chi connectivity index (χ1n) is 5.36. The van der Waals surface area contributed by atoms with E-state index in [1.54, 1.807) is 6.07 Å². The fourth-order valence-electron chi connectivity index (χ4n) is 2.04. The van der Waals surface area contributed by atoms with Gasteiger partial charge in [0.1, 0.15) is 0 Å². The van der Waals surface area contributed by atoms with Crippen LogP contribution in [0.1, 0.15) is 15.9 Å². The third kappa shape index (κ3) is 2.18. The molecule has 1 unspecified atom stereocenters. The summed E-state index contributed by atoms with van der Waals surface area (Å²) in [6, 6.07) is 3.44. The Kier molecular flexibility index (Phi) is 3.75. The molecule has 1 aromatic rings. The Labute approximate surface area is 118 Å². The smallest absolute Gasteiger partial charge is 0.299 e. The molecule has 18 heavy (non-hydrogen) atoms. The SMILES string of the molecule is Cc1cc(Br)cc2c1N(CC(O)CCl)C(=O)C2=O. The number of amides is 1.